The number of methoxy groups -OCH3 is 1. The maximum Gasteiger partial charge on any atom is 0.407 e. The lowest BCUT2D eigenvalue weighted by molar-refractivity contribution is 0.0837. The molecule has 10 nitrogen and oxygen atoms in total. The Kier molecular flexibility index (Phi) is 8.87. The fourth-order valence-electron chi connectivity index (χ4n) is 3.19. The van der Waals surface area contributed by atoms with E-state index in [2.05, 4.69) is 27.5 Å². The number of nitrogens with zero attached hydrogens (tertiary/aromatic N) is 1. The fraction of sp³-hybridized carbons (Fsp3) is 0.292. The number of benzene rings is 1. The largest absolute Gasteiger partial charge is 0.496 e. The van der Waals surface area contributed by atoms with Crippen molar-refractivity contribution in [3.8, 4) is 17.1 Å². The van der Waals surface area contributed by atoms with E-state index in [1.807, 2.05) is 6.92 Å². The zero-order valence-corrected chi connectivity index (χ0v) is 19.1. The van der Waals surface area contributed by atoms with Gasteiger partial charge in [0, 0.05) is 30.4 Å². The van der Waals surface area contributed by atoms with Gasteiger partial charge in [-0.15, -0.1) is 0 Å². The normalized spacial score (nSPS) is 16.0. The predicted molar refractivity (Wildman–Crippen MR) is 126 cm³/mol. The first-order valence-electron chi connectivity index (χ1n) is 10.7. The van der Waals surface area contributed by atoms with Crippen LogP contribution in [0.3, 0.4) is 0 Å². The molecule has 0 unspecified atom stereocenters. The Morgan fingerprint density at radius 2 is 2.21 bits per heavy atom. The zero-order chi connectivity index (χ0) is 24.3. The SMILES string of the molecule is C=C/C=C(\C=C(/C)CNC(=O)O[C@H]1CCOC1)NC(=O)Nc1ccc(-c2cnco2)c(OC)c1. The third-order valence-electron chi connectivity index (χ3n) is 4.79. The molecule has 1 aliphatic rings. The van der Waals surface area contributed by atoms with E-state index in [9.17, 15) is 9.59 Å². The number of anilines is 1. The van der Waals surface area contributed by atoms with Crippen molar-refractivity contribution in [2.45, 2.75) is 19.4 Å². The van der Waals surface area contributed by atoms with Crippen LogP contribution in [0.2, 0.25) is 0 Å². The van der Waals surface area contributed by atoms with E-state index in [0.29, 0.717) is 48.1 Å². The molecule has 1 aliphatic heterocycles. The van der Waals surface area contributed by atoms with Crippen LogP contribution in [-0.4, -0.2) is 50.1 Å². The van der Waals surface area contributed by atoms with Crippen molar-refractivity contribution in [2.75, 3.05) is 32.2 Å². The summed E-state index contributed by atoms with van der Waals surface area (Å²) in [6, 6.07) is 4.71. The maximum absolute atomic E-state index is 12.6. The second-order valence-corrected chi connectivity index (χ2v) is 7.45. The number of carbonyl (C=O) groups excluding carboxylic acids is 2. The van der Waals surface area contributed by atoms with Crippen LogP contribution in [-0.2, 0) is 9.47 Å². The number of hydrogen-bond acceptors (Lipinski definition) is 7. The van der Waals surface area contributed by atoms with Crippen LogP contribution in [0, 0.1) is 0 Å². The molecule has 0 aliphatic carbocycles. The maximum atomic E-state index is 12.6. The van der Waals surface area contributed by atoms with Gasteiger partial charge in [0.15, 0.2) is 12.2 Å². The molecule has 0 radical (unpaired) electrons. The van der Waals surface area contributed by atoms with E-state index < -0.39 is 12.1 Å². The van der Waals surface area contributed by atoms with Gasteiger partial charge < -0.3 is 34.6 Å². The van der Waals surface area contributed by atoms with Gasteiger partial charge in [0.2, 0.25) is 0 Å². The minimum absolute atomic E-state index is 0.214. The van der Waals surface area contributed by atoms with E-state index in [4.69, 9.17) is 18.6 Å². The molecular formula is C24H28N4O6. The van der Waals surface area contributed by atoms with Gasteiger partial charge in [-0.05, 0) is 31.2 Å². The summed E-state index contributed by atoms with van der Waals surface area (Å²) in [5.74, 6) is 1.08. The molecule has 0 saturated carbocycles. The Hall–Kier alpha value is -4.05. The molecule has 3 amide bonds. The number of aromatic nitrogens is 1. The number of ether oxygens (including phenoxy) is 3. The lowest BCUT2D eigenvalue weighted by Crippen LogP contribution is -2.31. The number of amides is 3. The van der Waals surface area contributed by atoms with E-state index in [1.165, 1.54) is 13.5 Å². The second kappa shape index (κ2) is 12.3. The quantitative estimate of drug-likeness (QED) is 0.475. The highest BCUT2D eigenvalue weighted by Gasteiger charge is 2.19. The number of carbonyl (C=O) groups is 2. The van der Waals surface area contributed by atoms with Crippen molar-refractivity contribution in [3.05, 3.63) is 66.9 Å². The van der Waals surface area contributed by atoms with Gasteiger partial charge in [-0.25, -0.2) is 14.6 Å². The number of urea groups is 1. The van der Waals surface area contributed by atoms with Crippen molar-refractivity contribution in [2.24, 2.45) is 0 Å². The molecule has 0 spiro atoms. The van der Waals surface area contributed by atoms with Crippen LogP contribution in [0.5, 0.6) is 5.75 Å². The van der Waals surface area contributed by atoms with Crippen molar-refractivity contribution >= 4 is 17.8 Å². The van der Waals surface area contributed by atoms with Crippen molar-refractivity contribution in [1.29, 1.82) is 0 Å². The highest BCUT2D eigenvalue weighted by molar-refractivity contribution is 5.91. The number of allylic oxidation sites excluding steroid dienone is 3. The van der Waals surface area contributed by atoms with Crippen LogP contribution in [0.15, 0.2) is 71.3 Å². The number of hydrogen-bond donors (Lipinski definition) is 3. The smallest absolute Gasteiger partial charge is 0.407 e. The third kappa shape index (κ3) is 7.24. The molecule has 180 valence electrons. The summed E-state index contributed by atoms with van der Waals surface area (Å²) < 4.78 is 21.2. The Balaban J connectivity index is 1.56. The second-order valence-electron chi connectivity index (χ2n) is 7.45. The van der Waals surface area contributed by atoms with Crippen LogP contribution in [0.25, 0.3) is 11.3 Å². The minimum atomic E-state index is -0.508. The van der Waals surface area contributed by atoms with Crippen LogP contribution in [0.4, 0.5) is 15.3 Å². The summed E-state index contributed by atoms with van der Waals surface area (Å²) >= 11 is 0. The Morgan fingerprint density at radius 1 is 1.35 bits per heavy atom. The molecule has 1 saturated heterocycles. The highest BCUT2D eigenvalue weighted by atomic mass is 16.6. The highest BCUT2D eigenvalue weighted by Crippen LogP contribution is 2.32. The van der Waals surface area contributed by atoms with E-state index in [1.54, 1.807) is 42.6 Å². The molecule has 1 aromatic heterocycles. The predicted octanol–water partition coefficient (Wildman–Crippen LogP) is 4.00. The third-order valence-corrected chi connectivity index (χ3v) is 4.79. The van der Waals surface area contributed by atoms with E-state index in [-0.39, 0.29) is 12.6 Å². The average Bonchev–Trinajstić information content (AvgIpc) is 3.52. The molecule has 1 aromatic carbocycles. The van der Waals surface area contributed by atoms with Crippen LogP contribution < -0.4 is 20.7 Å². The molecular weight excluding hydrogens is 440 g/mol. The topological polar surface area (TPSA) is 124 Å². The van der Waals surface area contributed by atoms with Gasteiger partial charge in [0.25, 0.3) is 0 Å². The molecule has 1 atom stereocenters. The summed E-state index contributed by atoms with van der Waals surface area (Å²) in [6.45, 7) is 6.77. The summed E-state index contributed by atoms with van der Waals surface area (Å²) in [5.41, 5.74) is 2.53. The minimum Gasteiger partial charge on any atom is -0.496 e. The number of nitrogens with one attached hydrogen (secondary N) is 3. The number of alkyl carbamates (subject to hydrolysis) is 1. The first-order chi connectivity index (χ1) is 16.5. The summed E-state index contributed by atoms with van der Waals surface area (Å²) in [6.07, 6.45) is 7.81. The Morgan fingerprint density at radius 3 is 2.88 bits per heavy atom. The standard InChI is InChI=1S/C24H28N4O6/c1-4-5-17(10-16(2)12-26-24(30)34-19-8-9-32-14-19)27-23(29)28-18-6-7-20(21(11-18)31-3)22-13-25-15-33-22/h4-7,10-11,13,15,19H,1,8-9,12,14H2,2-3H3,(H,26,30)(H2,27,28,29)/b16-10+,17-5+/t19-/m0/s1. The van der Waals surface area contributed by atoms with E-state index >= 15 is 0 Å². The van der Waals surface area contributed by atoms with Gasteiger partial charge in [-0.3, -0.25) is 0 Å². The molecule has 10 heteroatoms. The summed E-state index contributed by atoms with van der Waals surface area (Å²) in [4.78, 5) is 28.4. The van der Waals surface area contributed by atoms with Crippen molar-refractivity contribution in [1.82, 2.24) is 15.6 Å². The lowest BCUT2D eigenvalue weighted by atomic mass is 10.1. The van der Waals surface area contributed by atoms with Crippen LogP contribution in [0.1, 0.15) is 13.3 Å². The first-order valence-corrected chi connectivity index (χ1v) is 10.7. The average molecular weight is 469 g/mol. The number of rotatable bonds is 9. The molecule has 0 bridgehead atoms. The lowest BCUT2D eigenvalue weighted by Gasteiger charge is -2.13. The molecule has 2 aromatic rings. The first kappa shape index (κ1) is 24.6. The van der Waals surface area contributed by atoms with Gasteiger partial charge in [0.1, 0.15) is 11.9 Å². The van der Waals surface area contributed by atoms with Gasteiger partial charge in [-0.1, -0.05) is 18.2 Å². The van der Waals surface area contributed by atoms with Crippen LogP contribution >= 0.6 is 0 Å². The Labute approximate surface area is 197 Å². The molecule has 2 heterocycles. The summed E-state index contributed by atoms with van der Waals surface area (Å²) in [5, 5.41) is 8.20. The number of oxazole rings is 1. The van der Waals surface area contributed by atoms with Gasteiger partial charge in [-0.2, -0.15) is 0 Å². The monoisotopic (exact) mass is 468 g/mol. The molecule has 3 rings (SSSR count). The fourth-order valence-corrected chi connectivity index (χ4v) is 3.19. The van der Waals surface area contributed by atoms with Gasteiger partial charge in [0.05, 0.1) is 32.1 Å². The van der Waals surface area contributed by atoms with E-state index in [0.717, 1.165) is 5.57 Å². The molecule has 1 fully saturated rings. The summed E-state index contributed by atoms with van der Waals surface area (Å²) in [7, 11) is 1.53. The zero-order valence-electron chi connectivity index (χ0n) is 19.1. The van der Waals surface area contributed by atoms with Crippen molar-refractivity contribution < 1.29 is 28.2 Å². The molecule has 34 heavy (non-hydrogen) atoms. The molecule has 3 N–H and O–H groups in total. The van der Waals surface area contributed by atoms with Gasteiger partial charge >= 0.3 is 12.1 Å². The van der Waals surface area contributed by atoms with Crippen molar-refractivity contribution in [3.63, 3.8) is 0 Å². The Bertz CT molecular complexity index is 1060.